The first-order chi connectivity index (χ1) is 29.0. The van der Waals surface area contributed by atoms with Crippen molar-refractivity contribution in [2.75, 3.05) is 13.2 Å². The van der Waals surface area contributed by atoms with Crippen LogP contribution in [0.1, 0.15) is 297 Å². The molecule has 0 N–H and O–H groups in total. The van der Waals surface area contributed by atoms with Gasteiger partial charge in [-0.25, -0.2) is 16.8 Å². The van der Waals surface area contributed by atoms with Gasteiger partial charge in [0.25, 0.3) is 0 Å². The summed E-state index contributed by atoms with van der Waals surface area (Å²) in [5.41, 5.74) is 0. The molecular weight excluding hydrogens is 833 g/mol. The van der Waals surface area contributed by atoms with E-state index in [-0.39, 0.29) is 62.8 Å². The van der Waals surface area contributed by atoms with Gasteiger partial charge in [-0.15, -0.1) is 0 Å². The molecule has 0 radical (unpaired) electrons. The van der Waals surface area contributed by atoms with Crippen molar-refractivity contribution in [2.24, 2.45) is 11.8 Å². The molecule has 0 fully saturated rings. The second kappa shape index (κ2) is 52.0. The molecule has 0 rings (SSSR count). The third-order valence-electron chi connectivity index (χ3n) is 12.3. The largest absolute Gasteiger partial charge is 2.00 e. The molecular formula is C50H102CaO8S2. The standard InChI is InChI=1S/2C25H52O4S.Ca/c2*1-3-5-7-9-11-13-15-17-19-21-23-25(24-29-30(26,27)28)22-20-18-16-14-12-10-8-6-4-2;/h2*25H,3-24H2,1-2H3,(H,26,27,28);/q;;+2/p-2. The molecule has 8 nitrogen and oxygen atoms in total. The molecule has 364 valence electrons. The van der Waals surface area contributed by atoms with Crippen LogP contribution in [0.25, 0.3) is 0 Å². The monoisotopic (exact) mass is 935 g/mol. The third kappa shape index (κ3) is 61.0. The quantitative estimate of drug-likeness (QED) is 0.0255. The van der Waals surface area contributed by atoms with Crippen LogP contribution in [0.15, 0.2) is 0 Å². The summed E-state index contributed by atoms with van der Waals surface area (Å²) in [6.45, 7) is 9.13. The van der Waals surface area contributed by atoms with Gasteiger partial charge in [-0.1, -0.05) is 272 Å². The molecule has 2 unspecified atom stereocenters. The van der Waals surface area contributed by atoms with E-state index in [1.807, 2.05) is 0 Å². The maximum Gasteiger partial charge on any atom is 2.00 e. The van der Waals surface area contributed by atoms with E-state index < -0.39 is 20.8 Å². The van der Waals surface area contributed by atoms with Gasteiger partial charge >= 0.3 is 37.7 Å². The van der Waals surface area contributed by atoms with E-state index in [0.29, 0.717) is 0 Å². The fourth-order valence-corrected chi connectivity index (χ4v) is 9.03. The zero-order valence-corrected chi connectivity index (χ0v) is 44.9. The molecule has 0 aliphatic rings. The molecule has 0 heterocycles. The number of hydrogen-bond acceptors (Lipinski definition) is 8. The minimum absolute atomic E-state index is 0. The van der Waals surface area contributed by atoms with Crippen molar-refractivity contribution in [3.8, 4) is 0 Å². The molecule has 61 heavy (non-hydrogen) atoms. The molecule has 0 saturated carbocycles. The van der Waals surface area contributed by atoms with Crippen LogP contribution < -0.4 is 0 Å². The Balaban J connectivity index is -0.00000109. The SMILES string of the molecule is CCCCCCCCCCCCC(CCCCCCCCCCC)COS(=O)(=O)[O-].CCCCCCCCCCCCC(CCCCCCCCCCC)COS(=O)(=O)[O-].[Ca+2]. The minimum atomic E-state index is -4.57. The first kappa shape index (κ1) is 66.3. The van der Waals surface area contributed by atoms with Crippen LogP contribution in [0.5, 0.6) is 0 Å². The van der Waals surface area contributed by atoms with E-state index in [0.717, 1.165) is 51.4 Å². The van der Waals surface area contributed by atoms with Crippen LogP contribution in [0.4, 0.5) is 0 Å². The fourth-order valence-electron chi connectivity index (χ4n) is 8.31. The van der Waals surface area contributed by atoms with Gasteiger partial charge in [0.2, 0.25) is 20.8 Å². The van der Waals surface area contributed by atoms with E-state index in [2.05, 4.69) is 36.1 Å². The summed E-state index contributed by atoms with van der Waals surface area (Å²) in [6, 6.07) is 0. The second-order valence-corrected chi connectivity index (χ2v) is 20.4. The molecule has 2 atom stereocenters. The van der Waals surface area contributed by atoms with E-state index in [4.69, 9.17) is 0 Å². The molecule has 0 bridgehead atoms. The van der Waals surface area contributed by atoms with Gasteiger partial charge < -0.3 is 9.11 Å². The average Bonchev–Trinajstić information content (AvgIpc) is 3.21. The summed E-state index contributed by atoms with van der Waals surface area (Å²) in [4.78, 5) is 0. The van der Waals surface area contributed by atoms with E-state index in [1.165, 1.54) is 218 Å². The molecule has 0 aromatic carbocycles. The van der Waals surface area contributed by atoms with E-state index in [1.54, 1.807) is 0 Å². The van der Waals surface area contributed by atoms with Crippen molar-refractivity contribution in [1.82, 2.24) is 0 Å². The Morgan fingerprint density at radius 2 is 0.443 bits per heavy atom. The van der Waals surface area contributed by atoms with E-state index >= 15 is 0 Å². The van der Waals surface area contributed by atoms with Gasteiger partial charge in [0.15, 0.2) is 0 Å². The number of hydrogen-bond donors (Lipinski definition) is 0. The molecule has 11 heteroatoms. The minimum Gasteiger partial charge on any atom is -0.726 e. The van der Waals surface area contributed by atoms with Crippen LogP contribution >= 0.6 is 0 Å². The molecule has 0 aromatic rings. The van der Waals surface area contributed by atoms with Crippen LogP contribution in [0, 0.1) is 11.8 Å². The van der Waals surface area contributed by atoms with Crippen LogP contribution in [-0.4, -0.2) is 76.9 Å². The Morgan fingerprint density at radius 1 is 0.295 bits per heavy atom. The topological polar surface area (TPSA) is 133 Å². The predicted octanol–water partition coefficient (Wildman–Crippen LogP) is 16.2. The second-order valence-electron chi connectivity index (χ2n) is 18.3. The van der Waals surface area contributed by atoms with Gasteiger partial charge in [-0.05, 0) is 37.5 Å². The van der Waals surface area contributed by atoms with Gasteiger partial charge in [-0.3, -0.25) is 8.37 Å². The van der Waals surface area contributed by atoms with E-state index in [9.17, 15) is 25.9 Å². The maximum atomic E-state index is 10.8. The van der Waals surface area contributed by atoms with Crippen molar-refractivity contribution in [3.05, 3.63) is 0 Å². The smallest absolute Gasteiger partial charge is 0.726 e. The Kier molecular flexibility index (Phi) is 56.5. The summed E-state index contributed by atoms with van der Waals surface area (Å²) < 4.78 is 74.1. The molecule has 0 saturated heterocycles. The first-order valence-corrected chi connectivity index (χ1v) is 28.9. The fraction of sp³-hybridized carbons (Fsp3) is 1.00. The molecule has 0 amide bonds. The zero-order valence-electron chi connectivity index (χ0n) is 41.1. The Hall–Kier alpha value is 1.000. The molecule has 0 aliphatic heterocycles. The van der Waals surface area contributed by atoms with Gasteiger partial charge in [0, 0.05) is 0 Å². The number of rotatable bonds is 48. The molecule has 0 spiro atoms. The van der Waals surface area contributed by atoms with Crippen molar-refractivity contribution in [3.63, 3.8) is 0 Å². The van der Waals surface area contributed by atoms with Gasteiger partial charge in [-0.2, -0.15) is 0 Å². The van der Waals surface area contributed by atoms with Crippen molar-refractivity contribution >= 4 is 58.5 Å². The number of unbranched alkanes of at least 4 members (excludes halogenated alkanes) is 34. The Morgan fingerprint density at radius 3 is 0.590 bits per heavy atom. The summed E-state index contributed by atoms with van der Waals surface area (Å²) >= 11 is 0. The summed E-state index contributed by atoms with van der Waals surface area (Å²) in [5, 5.41) is 0. The first-order valence-electron chi connectivity index (χ1n) is 26.2. The van der Waals surface area contributed by atoms with Gasteiger partial charge in [0.05, 0.1) is 13.2 Å². The Labute approximate surface area is 412 Å². The van der Waals surface area contributed by atoms with Crippen molar-refractivity contribution < 1.29 is 34.3 Å². The van der Waals surface area contributed by atoms with Crippen LogP contribution in [0.3, 0.4) is 0 Å². The Bertz CT molecular complexity index is 962. The zero-order chi connectivity index (χ0) is 44.7. The molecule has 0 aromatic heterocycles. The predicted molar refractivity (Wildman–Crippen MR) is 261 cm³/mol. The third-order valence-corrected chi connectivity index (χ3v) is 13.1. The summed E-state index contributed by atoms with van der Waals surface area (Å²) in [5.74, 6) is 0.402. The van der Waals surface area contributed by atoms with Crippen LogP contribution in [0.2, 0.25) is 0 Å². The summed E-state index contributed by atoms with van der Waals surface area (Å²) in [7, 11) is -9.14. The summed E-state index contributed by atoms with van der Waals surface area (Å²) in [6.07, 6.45) is 53.0. The van der Waals surface area contributed by atoms with Crippen molar-refractivity contribution in [2.45, 2.75) is 297 Å². The van der Waals surface area contributed by atoms with Crippen molar-refractivity contribution in [1.29, 1.82) is 0 Å². The average molecular weight is 936 g/mol. The normalized spacial score (nSPS) is 12.8. The maximum absolute atomic E-state index is 10.8. The van der Waals surface area contributed by atoms with Gasteiger partial charge in [0.1, 0.15) is 0 Å². The molecule has 0 aliphatic carbocycles. The van der Waals surface area contributed by atoms with Crippen LogP contribution in [-0.2, 0) is 29.2 Å².